The molecule has 2 rings (SSSR count). The molecular weight excluding hydrogens is 298 g/mol. The van der Waals surface area contributed by atoms with Crippen LogP contribution in [0.25, 0.3) is 0 Å². The molecule has 4 nitrogen and oxygen atoms in total. The van der Waals surface area contributed by atoms with E-state index in [-0.39, 0.29) is 5.54 Å². The highest BCUT2D eigenvalue weighted by atomic mass is 79.9. The summed E-state index contributed by atoms with van der Waals surface area (Å²) < 4.78 is 16.9. The highest BCUT2D eigenvalue weighted by Gasteiger charge is 2.19. The van der Waals surface area contributed by atoms with Crippen molar-refractivity contribution in [1.29, 1.82) is 0 Å². The Morgan fingerprint density at radius 3 is 2.67 bits per heavy atom. The van der Waals surface area contributed by atoms with Gasteiger partial charge in [0, 0.05) is 23.7 Å². The van der Waals surface area contributed by atoms with Crippen LogP contribution in [0.5, 0.6) is 11.5 Å². The van der Waals surface area contributed by atoms with Gasteiger partial charge in [-0.25, -0.2) is 0 Å². The Morgan fingerprint density at radius 1 is 1.33 bits per heavy atom. The van der Waals surface area contributed by atoms with Crippen LogP contribution in [-0.2, 0) is 11.3 Å². The predicted molar refractivity (Wildman–Crippen MR) is 73.1 cm³/mol. The Labute approximate surface area is 116 Å². The topological polar surface area (TPSA) is 39.7 Å². The Bertz CT molecular complexity index is 434. The van der Waals surface area contributed by atoms with Crippen molar-refractivity contribution in [1.82, 2.24) is 5.32 Å². The van der Waals surface area contributed by atoms with Gasteiger partial charge < -0.3 is 19.5 Å². The lowest BCUT2D eigenvalue weighted by molar-refractivity contribution is 0.127. The zero-order valence-electron chi connectivity index (χ0n) is 10.9. The summed E-state index contributed by atoms with van der Waals surface area (Å²) in [6.45, 7) is 5.92. The predicted octanol–water partition coefficient (Wildman–Crippen LogP) is 2.69. The normalized spacial score (nSPS) is 14.0. The van der Waals surface area contributed by atoms with Crippen molar-refractivity contribution in [3.8, 4) is 11.5 Å². The van der Waals surface area contributed by atoms with Crippen LogP contribution >= 0.6 is 15.9 Å². The molecule has 1 aliphatic rings. The molecule has 100 valence electrons. The highest BCUT2D eigenvalue weighted by Crippen LogP contribution is 2.36. The molecule has 0 unspecified atom stereocenters. The van der Waals surface area contributed by atoms with Crippen LogP contribution in [0.3, 0.4) is 0 Å². The number of ether oxygens (including phenoxy) is 3. The van der Waals surface area contributed by atoms with E-state index >= 15 is 0 Å². The number of nitrogens with one attached hydrogen (secondary N) is 1. The molecule has 0 bridgehead atoms. The summed E-state index contributed by atoms with van der Waals surface area (Å²) >= 11 is 3.55. The first-order valence-electron chi connectivity index (χ1n) is 5.84. The lowest BCUT2D eigenvalue weighted by Crippen LogP contribution is -2.42. The monoisotopic (exact) mass is 315 g/mol. The minimum Gasteiger partial charge on any atom is -0.454 e. The molecule has 0 saturated carbocycles. The van der Waals surface area contributed by atoms with E-state index in [1.807, 2.05) is 12.1 Å². The number of hydrogen-bond donors (Lipinski definition) is 1. The second kappa shape index (κ2) is 5.47. The molecule has 1 N–H and O–H groups in total. The van der Waals surface area contributed by atoms with Crippen LogP contribution in [0.2, 0.25) is 0 Å². The van der Waals surface area contributed by atoms with E-state index < -0.39 is 0 Å². The van der Waals surface area contributed by atoms with Gasteiger partial charge in [-0.15, -0.1) is 0 Å². The van der Waals surface area contributed by atoms with Crippen LogP contribution in [-0.4, -0.2) is 26.0 Å². The number of benzene rings is 1. The maximum Gasteiger partial charge on any atom is 0.231 e. The van der Waals surface area contributed by atoms with E-state index in [1.54, 1.807) is 7.11 Å². The molecule has 0 atom stereocenters. The molecule has 5 heteroatoms. The van der Waals surface area contributed by atoms with E-state index in [0.29, 0.717) is 13.4 Å². The fourth-order valence-electron chi connectivity index (χ4n) is 1.84. The van der Waals surface area contributed by atoms with Crippen LogP contribution in [0, 0.1) is 0 Å². The third kappa shape index (κ3) is 3.16. The third-order valence-electron chi connectivity index (χ3n) is 2.80. The van der Waals surface area contributed by atoms with Crippen molar-refractivity contribution in [3.63, 3.8) is 0 Å². The molecule has 0 spiro atoms. The van der Waals surface area contributed by atoms with Gasteiger partial charge >= 0.3 is 0 Å². The molecule has 0 aromatic heterocycles. The van der Waals surface area contributed by atoms with Gasteiger partial charge in [0.15, 0.2) is 11.5 Å². The molecule has 1 heterocycles. The molecule has 1 aliphatic heterocycles. The summed E-state index contributed by atoms with van der Waals surface area (Å²) in [5.74, 6) is 1.60. The first kappa shape index (κ1) is 13.6. The maximum atomic E-state index is 5.38. The van der Waals surface area contributed by atoms with E-state index in [1.165, 1.54) is 0 Å². The van der Waals surface area contributed by atoms with Crippen LogP contribution in [0.4, 0.5) is 0 Å². The minimum absolute atomic E-state index is 0.0649. The Hall–Kier alpha value is -0.780. The molecular formula is C13H18BrNO3. The largest absolute Gasteiger partial charge is 0.454 e. The molecule has 1 aromatic carbocycles. The fourth-order valence-corrected chi connectivity index (χ4v) is 2.30. The maximum absolute atomic E-state index is 5.38. The Balaban J connectivity index is 2.06. The standard InChI is InChI=1S/C13H18BrNO3/c1-13(2,7-16-3)15-6-9-4-11-12(5-10(9)14)18-8-17-11/h4-5,15H,6-8H2,1-3H3. The van der Waals surface area contributed by atoms with Gasteiger partial charge in [0.25, 0.3) is 0 Å². The first-order chi connectivity index (χ1) is 8.52. The van der Waals surface area contributed by atoms with Crippen molar-refractivity contribution in [3.05, 3.63) is 22.2 Å². The van der Waals surface area contributed by atoms with Gasteiger partial charge in [-0.05, 0) is 31.5 Å². The van der Waals surface area contributed by atoms with E-state index in [4.69, 9.17) is 14.2 Å². The van der Waals surface area contributed by atoms with Crippen molar-refractivity contribution in [2.75, 3.05) is 20.5 Å². The molecule has 18 heavy (non-hydrogen) atoms. The molecule has 0 radical (unpaired) electrons. The van der Waals surface area contributed by atoms with Gasteiger partial charge in [-0.2, -0.15) is 0 Å². The highest BCUT2D eigenvalue weighted by molar-refractivity contribution is 9.10. The number of methoxy groups -OCH3 is 1. The van der Waals surface area contributed by atoms with Crippen LogP contribution in [0.1, 0.15) is 19.4 Å². The summed E-state index contributed by atoms with van der Waals surface area (Å²) in [7, 11) is 1.71. The zero-order valence-corrected chi connectivity index (χ0v) is 12.5. The minimum atomic E-state index is -0.0649. The smallest absolute Gasteiger partial charge is 0.231 e. The first-order valence-corrected chi connectivity index (χ1v) is 6.63. The number of hydrogen-bond acceptors (Lipinski definition) is 4. The van der Waals surface area contributed by atoms with Gasteiger partial charge in [0.1, 0.15) is 0 Å². The molecule has 0 amide bonds. The second-order valence-electron chi connectivity index (χ2n) is 4.97. The van der Waals surface area contributed by atoms with E-state index in [2.05, 4.69) is 35.1 Å². The zero-order chi connectivity index (χ0) is 13.2. The van der Waals surface area contributed by atoms with Gasteiger partial charge in [0.05, 0.1) is 6.61 Å². The average molecular weight is 316 g/mol. The fraction of sp³-hybridized carbons (Fsp3) is 0.538. The Morgan fingerprint density at radius 2 is 2.00 bits per heavy atom. The van der Waals surface area contributed by atoms with E-state index in [0.717, 1.165) is 28.1 Å². The van der Waals surface area contributed by atoms with E-state index in [9.17, 15) is 0 Å². The van der Waals surface area contributed by atoms with Crippen molar-refractivity contribution in [2.24, 2.45) is 0 Å². The average Bonchev–Trinajstić information content (AvgIpc) is 2.72. The summed E-state index contributed by atoms with van der Waals surface area (Å²) in [5.41, 5.74) is 1.08. The molecule has 0 fully saturated rings. The van der Waals surface area contributed by atoms with Crippen LogP contribution in [0.15, 0.2) is 16.6 Å². The molecule has 0 aliphatic carbocycles. The van der Waals surface area contributed by atoms with Gasteiger partial charge in [-0.1, -0.05) is 15.9 Å². The number of halogens is 1. The molecule has 1 aromatic rings. The van der Waals surface area contributed by atoms with Gasteiger partial charge in [-0.3, -0.25) is 0 Å². The number of fused-ring (bicyclic) bond motifs is 1. The lowest BCUT2D eigenvalue weighted by atomic mass is 10.1. The summed E-state index contributed by atoms with van der Waals surface area (Å²) in [6, 6.07) is 3.95. The molecule has 0 saturated heterocycles. The third-order valence-corrected chi connectivity index (χ3v) is 3.54. The van der Waals surface area contributed by atoms with Crippen LogP contribution < -0.4 is 14.8 Å². The quantitative estimate of drug-likeness (QED) is 0.907. The summed E-state index contributed by atoms with van der Waals surface area (Å²) in [5, 5.41) is 3.46. The Kier molecular flexibility index (Phi) is 4.14. The van der Waals surface area contributed by atoms with Crippen molar-refractivity contribution < 1.29 is 14.2 Å². The SMILES string of the molecule is COCC(C)(C)NCc1cc2c(cc1Br)OCO2. The van der Waals surface area contributed by atoms with Crippen molar-refractivity contribution in [2.45, 2.75) is 25.9 Å². The number of rotatable bonds is 5. The second-order valence-corrected chi connectivity index (χ2v) is 5.82. The van der Waals surface area contributed by atoms with Crippen molar-refractivity contribution >= 4 is 15.9 Å². The lowest BCUT2D eigenvalue weighted by Gasteiger charge is -2.25. The summed E-state index contributed by atoms with van der Waals surface area (Å²) in [4.78, 5) is 0. The van der Waals surface area contributed by atoms with Gasteiger partial charge in [0.2, 0.25) is 6.79 Å². The summed E-state index contributed by atoms with van der Waals surface area (Å²) in [6.07, 6.45) is 0.